The van der Waals surface area contributed by atoms with Gasteiger partial charge >= 0.3 is 40.0 Å². The molecule has 0 spiro atoms. The second kappa shape index (κ2) is 15.0. The van der Waals surface area contributed by atoms with Crippen molar-refractivity contribution in [1.29, 1.82) is 0 Å². The number of rotatable bonds is 13. The molecule has 0 aliphatic heterocycles. The van der Waals surface area contributed by atoms with Crippen molar-refractivity contribution in [3.8, 4) is 0 Å². The van der Waals surface area contributed by atoms with Crippen LogP contribution in [0.1, 0.15) is 58.3 Å². The standard InChI is InChI=1S/C13H26O4S.Na.H/c1-3-5-6-7-8-9-10-11-13-17-18(14,15)16-12-4-2;;/h4H,2-3,5-13H2,1H3;;. The summed E-state index contributed by atoms with van der Waals surface area (Å²) in [4.78, 5) is 0. The fourth-order valence-corrected chi connectivity index (χ4v) is 2.22. The Morgan fingerprint density at radius 2 is 1.47 bits per heavy atom. The van der Waals surface area contributed by atoms with Gasteiger partial charge in [-0.3, -0.25) is 0 Å². The first kappa shape index (κ1) is 21.9. The molecule has 19 heavy (non-hydrogen) atoms. The molecule has 4 nitrogen and oxygen atoms in total. The molecule has 0 aliphatic rings. The first-order chi connectivity index (χ1) is 8.62. The summed E-state index contributed by atoms with van der Waals surface area (Å²) in [5.74, 6) is 0. The van der Waals surface area contributed by atoms with Gasteiger partial charge in [0.2, 0.25) is 0 Å². The molecule has 0 unspecified atom stereocenters. The van der Waals surface area contributed by atoms with Crippen molar-refractivity contribution in [3.05, 3.63) is 12.7 Å². The summed E-state index contributed by atoms with van der Waals surface area (Å²) >= 11 is 0. The van der Waals surface area contributed by atoms with E-state index in [9.17, 15) is 8.42 Å². The molecule has 0 saturated carbocycles. The third kappa shape index (κ3) is 16.6. The van der Waals surface area contributed by atoms with E-state index in [1.807, 2.05) is 0 Å². The summed E-state index contributed by atoms with van der Waals surface area (Å²) < 4.78 is 31.4. The molecule has 0 rings (SSSR count). The molecule has 0 saturated heterocycles. The summed E-state index contributed by atoms with van der Waals surface area (Å²) in [7, 11) is -3.82. The Labute approximate surface area is 140 Å². The van der Waals surface area contributed by atoms with E-state index in [0.717, 1.165) is 19.3 Å². The van der Waals surface area contributed by atoms with Crippen LogP contribution >= 0.6 is 0 Å². The van der Waals surface area contributed by atoms with Gasteiger partial charge in [-0.2, -0.15) is 8.42 Å². The summed E-state index contributed by atoms with van der Waals surface area (Å²) in [5, 5.41) is 0. The van der Waals surface area contributed by atoms with Crippen molar-refractivity contribution in [2.75, 3.05) is 13.2 Å². The van der Waals surface area contributed by atoms with Gasteiger partial charge in [-0.25, -0.2) is 8.37 Å². The van der Waals surface area contributed by atoms with Gasteiger partial charge in [0.15, 0.2) is 0 Å². The summed E-state index contributed by atoms with van der Waals surface area (Å²) in [5.41, 5.74) is 0. The van der Waals surface area contributed by atoms with Crippen LogP contribution in [0.4, 0.5) is 0 Å². The Balaban J connectivity index is 0. The van der Waals surface area contributed by atoms with E-state index in [4.69, 9.17) is 0 Å². The van der Waals surface area contributed by atoms with Crippen LogP contribution in [0.5, 0.6) is 0 Å². The average Bonchev–Trinajstić information content (AvgIpc) is 2.34. The SMILES string of the molecule is C=CCOS(=O)(=O)OCCCCCCCCCC.[NaH]. The molecule has 0 atom stereocenters. The van der Waals surface area contributed by atoms with E-state index in [-0.39, 0.29) is 42.8 Å². The van der Waals surface area contributed by atoms with Gasteiger partial charge in [0.05, 0.1) is 13.2 Å². The van der Waals surface area contributed by atoms with E-state index >= 15 is 0 Å². The minimum atomic E-state index is -3.82. The maximum atomic E-state index is 11.1. The topological polar surface area (TPSA) is 52.6 Å². The van der Waals surface area contributed by atoms with Crippen molar-refractivity contribution in [2.24, 2.45) is 0 Å². The molecule has 0 bridgehead atoms. The van der Waals surface area contributed by atoms with E-state index in [2.05, 4.69) is 21.9 Å². The van der Waals surface area contributed by atoms with Crippen LogP contribution in [0.3, 0.4) is 0 Å². The van der Waals surface area contributed by atoms with Crippen molar-refractivity contribution in [1.82, 2.24) is 0 Å². The third-order valence-electron chi connectivity index (χ3n) is 2.56. The molecule has 0 aliphatic carbocycles. The fourth-order valence-electron chi connectivity index (χ4n) is 1.56. The van der Waals surface area contributed by atoms with Gasteiger partial charge in [-0.15, -0.1) is 6.58 Å². The van der Waals surface area contributed by atoms with Crippen LogP contribution in [-0.4, -0.2) is 51.2 Å². The molecule has 0 heterocycles. The normalized spacial score (nSPS) is 11.0. The molecule has 0 radical (unpaired) electrons. The predicted octanol–water partition coefficient (Wildman–Crippen LogP) is 2.94. The minimum absolute atomic E-state index is 0. The molecular weight excluding hydrogens is 275 g/mol. The molecule has 0 aromatic heterocycles. The second-order valence-corrected chi connectivity index (χ2v) is 5.57. The van der Waals surface area contributed by atoms with E-state index < -0.39 is 10.4 Å². The van der Waals surface area contributed by atoms with Crippen molar-refractivity contribution in [3.63, 3.8) is 0 Å². The summed E-state index contributed by atoms with van der Waals surface area (Å²) in [6.45, 7) is 5.73. The molecular formula is C13H27NaO4S. The van der Waals surface area contributed by atoms with Gasteiger partial charge in [-0.1, -0.05) is 57.9 Å². The Morgan fingerprint density at radius 3 is 2.00 bits per heavy atom. The summed E-state index contributed by atoms with van der Waals surface area (Å²) in [6, 6.07) is 0. The van der Waals surface area contributed by atoms with Gasteiger partial charge in [-0.05, 0) is 6.42 Å². The zero-order valence-corrected chi connectivity index (χ0v) is 12.2. The average molecular weight is 302 g/mol. The molecule has 6 heteroatoms. The molecule has 0 fully saturated rings. The quantitative estimate of drug-likeness (QED) is 0.298. The number of unbranched alkanes of at least 4 members (excludes halogenated alkanes) is 7. The molecule has 0 amide bonds. The Kier molecular flexibility index (Phi) is 17.3. The number of hydrogen-bond acceptors (Lipinski definition) is 4. The van der Waals surface area contributed by atoms with Crippen LogP contribution in [0.2, 0.25) is 0 Å². The Hall–Kier alpha value is 0.610. The van der Waals surface area contributed by atoms with Gasteiger partial charge in [0, 0.05) is 0 Å². The van der Waals surface area contributed by atoms with Crippen LogP contribution in [-0.2, 0) is 18.8 Å². The van der Waals surface area contributed by atoms with Gasteiger partial charge < -0.3 is 0 Å². The Bertz CT molecular complexity index is 291. The molecule has 110 valence electrons. The van der Waals surface area contributed by atoms with Gasteiger partial charge in [0.1, 0.15) is 0 Å². The molecule has 0 aromatic carbocycles. The second-order valence-electron chi connectivity index (χ2n) is 4.28. The summed E-state index contributed by atoms with van der Waals surface area (Å²) in [6.07, 6.45) is 10.6. The van der Waals surface area contributed by atoms with Crippen LogP contribution in [0.15, 0.2) is 12.7 Å². The Morgan fingerprint density at radius 1 is 0.947 bits per heavy atom. The van der Waals surface area contributed by atoms with E-state index in [1.165, 1.54) is 38.2 Å². The first-order valence-corrected chi connectivity index (χ1v) is 8.10. The van der Waals surface area contributed by atoms with Crippen LogP contribution < -0.4 is 0 Å². The van der Waals surface area contributed by atoms with E-state index in [1.54, 1.807) is 0 Å². The van der Waals surface area contributed by atoms with Crippen molar-refractivity contribution < 1.29 is 16.8 Å². The first-order valence-electron chi connectivity index (χ1n) is 6.77. The fraction of sp³-hybridized carbons (Fsp3) is 0.846. The molecule has 0 aromatic rings. The van der Waals surface area contributed by atoms with Crippen molar-refractivity contribution in [2.45, 2.75) is 58.3 Å². The maximum absolute atomic E-state index is 11.1. The number of hydrogen-bond donors (Lipinski definition) is 0. The third-order valence-corrected chi connectivity index (χ3v) is 3.44. The zero-order chi connectivity index (χ0) is 13.7. The van der Waals surface area contributed by atoms with Gasteiger partial charge in [0.25, 0.3) is 0 Å². The van der Waals surface area contributed by atoms with E-state index in [0.29, 0.717) is 0 Å². The van der Waals surface area contributed by atoms with Crippen molar-refractivity contribution >= 4 is 40.0 Å². The molecule has 0 N–H and O–H groups in total. The van der Waals surface area contributed by atoms with Crippen LogP contribution in [0.25, 0.3) is 0 Å². The monoisotopic (exact) mass is 302 g/mol. The zero-order valence-electron chi connectivity index (χ0n) is 11.4. The van der Waals surface area contributed by atoms with Crippen LogP contribution in [0, 0.1) is 0 Å². The predicted molar refractivity (Wildman–Crippen MR) is 80.8 cm³/mol.